The van der Waals surface area contributed by atoms with Gasteiger partial charge in [-0.2, -0.15) is 15.0 Å². The molecule has 0 radical (unpaired) electrons. The average Bonchev–Trinajstić information content (AvgIpc) is 3.51. The van der Waals surface area contributed by atoms with Gasteiger partial charge in [0.05, 0.1) is 30.2 Å². The number of nitrogens with zero attached hydrogens (tertiary/aromatic N) is 5. The van der Waals surface area contributed by atoms with E-state index >= 15 is 0 Å². The van der Waals surface area contributed by atoms with Gasteiger partial charge < -0.3 is 14.1 Å². The summed E-state index contributed by atoms with van der Waals surface area (Å²) in [6, 6.07) is 13.2. The molecule has 8 heteroatoms. The van der Waals surface area contributed by atoms with Crippen molar-refractivity contribution in [1.29, 1.82) is 0 Å². The van der Waals surface area contributed by atoms with Crippen LogP contribution in [0.2, 0.25) is 0 Å². The summed E-state index contributed by atoms with van der Waals surface area (Å²) >= 11 is 0. The van der Waals surface area contributed by atoms with Crippen LogP contribution in [0.15, 0.2) is 65.7 Å². The number of hydrogen-bond acceptors (Lipinski definition) is 6. The number of piperidine rings is 1. The lowest BCUT2D eigenvalue weighted by Gasteiger charge is -2.39. The first-order valence-corrected chi connectivity index (χ1v) is 10.5. The molecular formula is C23H23N5O3. The third kappa shape index (κ3) is 3.65. The smallest absolute Gasteiger partial charge is 0.256 e. The number of ether oxygens (including phenoxy) is 1. The number of likely N-dealkylation sites (tertiary alicyclic amines) is 1. The van der Waals surface area contributed by atoms with E-state index in [1.807, 2.05) is 47.4 Å². The van der Waals surface area contributed by atoms with Crippen molar-refractivity contribution in [3.63, 3.8) is 0 Å². The van der Waals surface area contributed by atoms with Crippen molar-refractivity contribution in [2.75, 3.05) is 6.54 Å². The summed E-state index contributed by atoms with van der Waals surface area (Å²) < 4.78 is 11.7. The average molecular weight is 417 g/mol. The maximum Gasteiger partial charge on any atom is 0.256 e. The molecule has 0 aliphatic carbocycles. The standard InChI is InChI=1S/C23H23N5O3/c1-2-16-10-11-17(31-21-9-5-8-20-22(21)24-15-30-20)14-27(16)23(29)18-6-3-4-7-19(18)28-25-12-13-26-28/h3-9,12-13,15-17H,2,10-11,14H2,1H3/t16-,17?/m1/s1. The molecule has 4 aromatic rings. The highest BCUT2D eigenvalue weighted by Crippen LogP contribution is 2.30. The van der Waals surface area contributed by atoms with Gasteiger partial charge in [-0.3, -0.25) is 4.79 Å². The zero-order valence-electron chi connectivity index (χ0n) is 17.2. The van der Waals surface area contributed by atoms with E-state index in [0.29, 0.717) is 34.6 Å². The quantitative estimate of drug-likeness (QED) is 0.490. The Hall–Kier alpha value is -3.68. The maximum atomic E-state index is 13.6. The van der Waals surface area contributed by atoms with Crippen molar-refractivity contribution in [2.24, 2.45) is 0 Å². The second-order valence-electron chi connectivity index (χ2n) is 7.63. The van der Waals surface area contributed by atoms with E-state index in [-0.39, 0.29) is 18.1 Å². The summed E-state index contributed by atoms with van der Waals surface area (Å²) in [5.74, 6) is 0.646. The van der Waals surface area contributed by atoms with Crippen molar-refractivity contribution < 1.29 is 13.9 Å². The maximum absolute atomic E-state index is 13.6. The highest BCUT2D eigenvalue weighted by Gasteiger charge is 2.33. The number of rotatable bonds is 5. The van der Waals surface area contributed by atoms with E-state index < -0.39 is 0 Å². The molecule has 2 aromatic heterocycles. The van der Waals surface area contributed by atoms with Gasteiger partial charge in [-0.25, -0.2) is 4.98 Å². The molecule has 2 aromatic carbocycles. The molecule has 0 N–H and O–H groups in total. The summed E-state index contributed by atoms with van der Waals surface area (Å²) in [5, 5.41) is 8.41. The van der Waals surface area contributed by atoms with Gasteiger partial charge in [0.15, 0.2) is 17.5 Å². The van der Waals surface area contributed by atoms with Gasteiger partial charge in [-0.1, -0.05) is 25.1 Å². The number of fused-ring (bicyclic) bond motifs is 1. The molecule has 3 heterocycles. The van der Waals surface area contributed by atoms with Crippen LogP contribution >= 0.6 is 0 Å². The van der Waals surface area contributed by atoms with Crippen molar-refractivity contribution in [3.8, 4) is 11.4 Å². The first-order chi connectivity index (χ1) is 15.2. The Labute approximate surface area is 179 Å². The van der Waals surface area contributed by atoms with E-state index in [1.165, 1.54) is 11.2 Å². The van der Waals surface area contributed by atoms with Crippen LogP contribution in [0, 0.1) is 0 Å². The predicted molar refractivity (Wildman–Crippen MR) is 114 cm³/mol. The summed E-state index contributed by atoms with van der Waals surface area (Å²) in [7, 11) is 0. The summed E-state index contributed by atoms with van der Waals surface area (Å²) in [6.07, 6.45) is 7.14. The van der Waals surface area contributed by atoms with Gasteiger partial charge >= 0.3 is 0 Å². The summed E-state index contributed by atoms with van der Waals surface area (Å²) in [6.45, 7) is 2.62. The third-order valence-electron chi connectivity index (χ3n) is 5.78. The molecular weight excluding hydrogens is 394 g/mol. The van der Waals surface area contributed by atoms with Crippen LogP contribution in [-0.2, 0) is 0 Å². The number of aromatic nitrogens is 4. The van der Waals surface area contributed by atoms with E-state index in [1.54, 1.807) is 12.4 Å². The Balaban J connectivity index is 1.41. The van der Waals surface area contributed by atoms with Crippen LogP contribution in [0.5, 0.6) is 5.75 Å². The van der Waals surface area contributed by atoms with Gasteiger partial charge in [0, 0.05) is 6.04 Å². The predicted octanol–water partition coefficient (Wildman–Crippen LogP) is 3.87. The molecule has 158 valence electrons. The molecule has 1 unspecified atom stereocenters. The van der Waals surface area contributed by atoms with Crippen molar-refractivity contribution in [2.45, 2.75) is 38.3 Å². The zero-order chi connectivity index (χ0) is 21.2. The molecule has 0 spiro atoms. The number of benzene rings is 2. The van der Waals surface area contributed by atoms with Crippen molar-refractivity contribution >= 4 is 17.0 Å². The monoisotopic (exact) mass is 417 g/mol. The van der Waals surface area contributed by atoms with Crippen LogP contribution in [0.1, 0.15) is 36.5 Å². The van der Waals surface area contributed by atoms with Gasteiger partial charge in [0.25, 0.3) is 5.91 Å². The van der Waals surface area contributed by atoms with E-state index in [4.69, 9.17) is 9.15 Å². The summed E-state index contributed by atoms with van der Waals surface area (Å²) in [4.78, 5) is 21.3. The third-order valence-corrected chi connectivity index (χ3v) is 5.78. The Morgan fingerprint density at radius 1 is 1.13 bits per heavy atom. The SMILES string of the molecule is CC[C@@H]1CCC(Oc2cccc3ocnc23)CN1C(=O)c1ccccc1-n1nccn1. The molecule has 1 aliphatic rings. The largest absolute Gasteiger partial charge is 0.486 e. The molecule has 1 amide bonds. The number of amides is 1. The van der Waals surface area contributed by atoms with Crippen LogP contribution in [0.4, 0.5) is 0 Å². The molecule has 1 aliphatic heterocycles. The van der Waals surface area contributed by atoms with Gasteiger partial charge in [-0.15, -0.1) is 0 Å². The summed E-state index contributed by atoms with van der Waals surface area (Å²) in [5.41, 5.74) is 2.64. The van der Waals surface area contributed by atoms with Crippen molar-refractivity contribution in [1.82, 2.24) is 24.9 Å². The molecule has 0 bridgehead atoms. The Bertz CT molecular complexity index is 1190. The minimum atomic E-state index is -0.121. The lowest BCUT2D eigenvalue weighted by atomic mass is 9.96. The van der Waals surface area contributed by atoms with E-state index in [9.17, 15) is 4.79 Å². The number of para-hydroxylation sites is 2. The van der Waals surface area contributed by atoms with Crippen LogP contribution in [0.25, 0.3) is 16.8 Å². The highest BCUT2D eigenvalue weighted by atomic mass is 16.5. The minimum Gasteiger partial charge on any atom is -0.486 e. The molecule has 5 rings (SSSR count). The molecule has 1 saturated heterocycles. The van der Waals surface area contributed by atoms with Gasteiger partial charge in [0.1, 0.15) is 11.9 Å². The normalized spacial score (nSPS) is 18.9. The lowest BCUT2D eigenvalue weighted by Crippen LogP contribution is -2.50. The minimum absolute atomic E-state index is 0.0345. The highest BCUT2D eigenvalue weighted by molar-refractivity contribution is 5.98. The molecule has 2 atom stereocenters. The van der Waals surface area contributed by atoms with Crippen molar-refractivity contribution in [3.05, 3.63) is 66.8 Å². The topological polar surface area (TPSA) is 86.3 Å². The molecule has 31 heavy (non-hydrogen) atoms. The lowest BCUT2D eigenvalue weighted by molar-refractivity contribution is 0.0345. The zero-order valence-corrected chi connectivity index (χ0v) is 17.2. The Morgan fingerprint density at radius 2 is 1.97 bits per heavy atom. The number of hydrogen-bond donors (Lipinski definition) is 0. The second kappa shape index (κ2) is 8.22. The number of oxazole rings is 1. The van der Waals surface area contributed by atoms with Gasteiger partial charge in [-0.05, 0) is 43.5 Å². The Kier molecular flexibility index (Phi) is 5.11. The first kappa shape index (κ1) is 19.3. The van der Waals surface area contributed by atoms with Crippen LogP contribution in [-0.4, -0.2) is 49.5 Å². The van der Waals surface area contributed by atoms with Crippen LogP contribution < -0.4 is 4.74 Å². The number of carbonyl (C=O) groups excluding carboxylic acids is 1. The molecule has 8 nitrogen and oxygen atoms in total. The first-order valence-electron chi connectivity index (χ1n) is 10.5. The van der Waals surface area contributed by atoms with E-state index in [0.717, 1.165) is 19.3 Å². The fourth-order valence-corrected chi connectivity index (χ4v) is 4.22. The fourth-order valence-electron chi connectivity index (χ4n) is 4.22. The second-order valence-corrected chi connectivity index (χ2v) is 7.63. The molecule has 0 saturated carbocycles. The van der Waals surface area contributed by atoms with Crippen LogP contribution in [0.3, 0.4) is 0 Å². The number of carbonyl (C=O) groups is 1. The fraction of sp³-hybridized carbons (Fsp3) is 0.304. The van der Waals surface area contributed by atoms with E-state index in [2.05, 4.69) is 22.1 Å². The molecule has 1 fully saturated rings. The Morgan fingerprint density at radius 3 is 2.81 bits per heavy atom. The van der Waals surface area contributed by atoms with Gasteiger partial charge in [0.2, 0.25) is 0 Å².